The summed E-state index contributed by atoms with van der Waals surface area (Å²) in [6.07, 6.45) is 0. The highest BCUT2D eigenvalue weighted by molar-refractivity contribution is 6.93. The summed E-state index contributed by atoms with van der Waals surface area (Å²) < 4.78 is 7.09. The fourth-order valence-electron chi connectivity index (χ4n) is 9.96. The molecule has 12 rings (SSSR count). The topological polar surface area (TPSA) is 19.6 Å². The van der Waals surface area contributed by atoms with Gasteiger partial charge in [0.15, 0.2) is 0 Å². The summed E-state index contributed by atoms with van der Waals surface area (Å²) in [5, 5.41) is 1.12. The van der Waals surface area contributed by atoms with E-state index in [9.17, 15) is 0 Å². The zero-order valence-corrected chi connectivity index (χ0v) is 27.4. The van der Waals surface area contributed by atoms with Gasteiger partial charge >= 0.3 is 6.85 Å². The monoisotopic (exact) mass is 636 g/mol. The minimum atomic E-state index is -0.461. The van der Waals surface area contributed by atoms with E-state index < -0.39 is 5.41 Å². The molecular formula is C46H29BN2O. The molecule has 4 heterocycles. The molecule has 1 spiro atoms. The van der Waals surface area contributed by atoms with E-state index in [2.05, 4.69) is 174 Å². The van der Waals surface area contributed by atoms with Crippen LogP contribution in [0.4, 0.5) is 28.4 Å². The third-order valence-electron chi connectivity index (χ3n) is 11.6. The second-order valence-corrected chi connectivity index (χ2v) is 14.1. The van der Waals surface area contributed by atoms with E-state index in [1.54, 1.807) is 0 Å². The summed E-state index contributed by atoms with van der Waals surface area (Å²) in [5.74, 6) is 0. The molecule has 3 nitrogen and oxygen atoms in total. The first-order valence-corrected chi connectivity index (χ1v) is 17.5. The van der Waals surface area contributed by atoms with Crippen LogP contribution in [0.2, 0.25) is 0 Å². The zero-order chi connectivity index (χ0) is 32.7. The van der Waals surface area contributed by atoms with Gasteiger partial charge in [-0.25, -0.2) is 0 Å². The number of hydrogen-bond donors (Lipinski definition) is 0. The molecule has 0 radical (unpaired) electrons. The predicted molar refractivity (Wildman–Crippen MR) is 206 cm³/mol. The van der Waals surface area contributed by atoms with Crippen LogP contribution < -0.4 is 20.8 Å². The van der Waals surface area contributed by atoms with Gasteiger partial charge in [0.1, 0.15) is 11.2 Å². The molecule has 0 fully saturated rings. The summed E-state index contributed by atoms with van der Waals surface area (Å²) >= 11 is 0. The van der Waals surface area contributed by atoms with Gasteiger partial charge in [0.05, 0.1) is 11.1 Å². The van der Waals surface area contributed by atoms with Crippen molar-refractivity contribution in [3.63, 3.8) is 0 Å². The number of rotatable bonds is 1. The third-order valence-corrected chi connectivity index (χ3v) is 11.6. The first-order chi connectivity index (χ1) is 24.7. The Morgan fingerprint density at radius 3 is 1.96 bits per heavy atom. The lowest BCUT2D eigenvalue weighted by Gasteiger charge is -2.51. The molecule has 4 aliphatic rings. The molecule has 50 heavy (non-hydrogen) atoms. The molecule has 4 heteroatoms. The van der Waals surface area contributed by atoms with Crippen molar-refractivity contribution < 1.29 is 4.42 Å². The van der Waals surface area contributed by atoms with Gasteiger partial charge in [-0.3, -0.25) is 0 Å². The van der Waals surface area contributed by atoms with Crippen molar-refractivity contribution in [1.29, 1.82) is 0 Å². The lowest BCUT2D eigenvalue weighted by atomic mass is 9.44. The summed E-state index contributed by atoms with van der Waals surface area (Å²) in [6, 6.07) is 58.3. The van der Waals surface area contributed by atoms with Crippen molar-refractivity contribution in [3.8, 4) is 22.3 Å². The molecule has 0 N–H and O–H groups in total. The highest BCUT2D eigenvalue weighted by atomic mass is 16.3. The number of furan rings is 1. The van der Waals surface area contributed by atoms with Crippen molar-refractivity contribution in [2.45, 2.75) is 12.3 Å². The summed E-state index contributed by atoms with van der Waals surface area (Å²) in [5.41, 5.74) is 20.4. The summed E-state index contributed by atoms with van der Waals surface area (Å²) in [6.45, 7) is 2.07. The van der Waals surface area contributed by atoms with Gasteiger partial charge in [-0.2, -0.15) is 0 Å². The molecule has 1 aromatic heterocycles. The number of nitrogens with zero attached hydrogens (tertiary/aromatic N) is 2. The van der Waals surface area contributed by atoms with Gasteiger partial charge in [0, 0.05) is 33.7 Å². The zero-order valence-electron chi connectivity index (χ0n) is 27.4. The third kappa shape index (κ3) is 3.01. The first-order valence-electron chi connectivity index (χ1n) is 17.5. The molecule has 0 saturated carbocycles. The SMILES string of the molecule is Cc1cc2c3c(c1)N(c1ccccc1)c1c(oc4ccccc14)B3N1c3ccccc3C3(c4ccccc4-c4ccccc43)c3cccc-2c31. The Bertz CT molecular complexity index is 2720. The molecule has 0 bridgehead atoms. The van der Waals surface area contributed by atoms with Gasteiger partial charge in [0.25, 0.3) is 0 Å². The van der Waals surface area contributed by atoms with Gasteiger partial charge < -0.3 is 14.1 Å². The van der Waals surface area contributed by atoms with Gasteiger partial charge in [-0.1, -0.05) is 121 Å². The predicted octanol–water partition coefficient (Wildman–Crippen LogP) is 10.1. The van der Waals surface area contributed by atoms with Crippen molar-refractivity contribution in [2.24, 2.45) is 0 Å². The molecular weight excluding hydrogens is 607 g/mol. The maximum Gasteiger partial charge on any atom is 0.375 e. The average molecular weight is 637 g/mol. The van der Waals surface area contributed by atoms with Crippen molar-refractivity contribution in [2.75, 3.05) is 9.71 Å². The summed E-state index contributed by atoms with van der Waals surface area (Å²) in [7, 11) is 0. The maximum absolute atomic E-state index is 7.09. The van der Waals surface area contributed by atoms with Crippen molar-refractivity contribution >= 4 is 57.4 Å². The lowest BCUT2D eigenvalue weighted by molar-refractivity contribution is 0.649. The fraction of sp³-hybridized carbons (Fsp3) is 0.0435. The molecule has 3 aliphatic heterocycles. The Morgan fingerprint density at radius 2 is 1.16 bits per heavy atom. The van der Waals surface area contributed by atoms with Crippen LogP contribution in [-0.4, -0.2) is 6.85 Å². The van der Waals surface area contributed by atoms with E-state index in [1.807, 2.05) is 0 Å². The second kappa shape index (κ2) is 9.25. The van der Waals surface area contributed by atoms with Gasteiger partial charge in [-0.05, 0) is 93.3 Å². The fourth-order valence-corrected chi connectivity index (χ4v) is 9.96. The molecule has 0 amide bonds. The highest BCUT2D eigenvalue weighted by Crippen LogP contribution is 2.64. The van der Waals surface area contributed by atoms with Crippen LogP contribution in [0, 0.1) is 6.92 Å². The lowest BCUT2D eigenvalue weighted by Crippen LogP contribution is -2.62. The Balaban J connectivity index is 1.27. The molecule has 0 atom stereocenters. The quantitative estimate of drug-likeness (QED) is 0.167. The average Bonchev–Trinajstić information content (AvgIpc) is 3.69. The van der Waals surface area contributed by atoms with E-state index in [0.29, 0.717) is 0 Å². The van der Waals surface area contributed by atoms with Crippen LogP contribution in [0.1, 0.15) is 27.8 Å². The Morgan fingerprint density at radius 1 is 0.520 bits per heavy atom. The van der Waals surface area contributed by atoms with Crippen LogP contribution in [0.15, 0.2) is 162 Å². The minimum Gasteiger partial charge on any atom is -0.466 e. The van der Waals surface area contributed by atoms with Gasteiger partial charge in [0.2, 0.25) is 0 Å². The molecule has 232 valence electrons. The normalized spacial score (nSPS) is 14.9. The van der Waals surface area contributed by atoms with Crippen LogP contribution in [0.5, 0.6) is 0 Å². The Kier molecular flexibility index (Phi) is 4.93. The molecule has 1 aliphatic carbocycles. The van der Waals surface area contributed by atoms with Crippen LogP contribution in [0.25, 0.3) is 33.2 Å². The highest BCUT2D eigenvalue weighted by Gasteiger charge is 2.57. The van der Waals surface area contributed by atoms with Crippen LogP contribution in [0.3, 0.4) is 0 Å². The van der Waals surface area contributed by atoms with Gasteiger partial charge in [-0.15, -0.1) is 0 Å². The van der Waals surface area contributed by atoms with E-state index in [1.165, 1.54) is 72.6 Å². The summed E-state index contributed by atoms with van der Waals surface area (Å²) in [4.78, 5) is 5.07. The number of fused-ring (bicyclic) bond motifs is 15. The number of para-hydroxylation sites is 4. The number of aryl methyl sites for hydroxylation is 1. The molecule has 0 saturated heterocycles. The van der Waals surface area contributed by atoms with E-state index in [0.717, 1.165) is 28.0 Å². The van der Waals surface area contributed by atoms with Crippen LogP contribution in [-0.2, 0) is 5.41 Å². The maximum atomic E-state index is 7.09. The molecule has 7 aromatic carbocycles. The second-order valence-electron chi connectivity index (χ2n) is 14.1. The van der Waals surface area contributed by atoms with E-state index >= 15 is 0 Å². The Labute approximate surface area is 290 Å². The van der Waals surface area contributed by atoms with Crippen LogP contribution >= 0.6 is 0 Å². The van der Waals surface area contributed by atoms with E-state index in [-0.39, 0.29) is 6.85 Å². The standard InChI is InChI=1S/C46H29BN2O/c1-28-26-34-32-19-13-23-38-43(32)49(39-24-11-10-22-37(39)46(38)35-20-8-5-16-30(35)31-17-6-9-21-36(31)46)47-42(34)40(27-28)48(29-14-3-2-4-15-29)44-33-18-7-12-25-41(33)50-45(44)47/h2-27H,1H3. The largest absolute Gasteiger partial charge is 0.466 e. The Hall–Kier alpha value is -6.26. The molecule has 0 unspecified atom stereocenters. The van der Waals surface area contributed by atoms with Crippen molar-refractivity contribution in [1.82, 2.24) is 0 Å². The molecule has 8 aromatic rings. The number of anilines is 5. The smallest absolute Gasteiger partial charge is 0.375 e. The first kappa shape index (κ1) is 26.7. The van der Waals surface area contributed by atoms with Crippen molar-refractivity contribution in [3.05, 3.63) is 186 Å². The minimum absolute atomic E-state index is 0.165. The van der Waals surface area contributed by atoms with E-state index in [4.69, 9.17) is 4.42 Å². The number of hydrogen-bond acceptors (Lipinski definition) is 3. The number of benzene rings is 7.